The highest BCUT2D eigenvalue weighted by molar-refractivity contribution is 6.01. The molecule has 4 rings (SSSR count). The number of halogens is 2. The van der Waals surface area contributed by atoms with Gasteiger partial charge in [-0.2, -0.15) is 0 Å². The van der Waals surface area contributed by atoms with E-state index in [1.54, 1.807) is 11.8 Å². The maximum absolute atomic E-state index is 14.9. The van der Waals surface area contributed by atoms with Gasteiger partial charge in [-0.3, -0.25) is 9.59 Å². The fourth-order valence-electron chi connectivity index (χ4n) is 4.89. The van der Waals surface area contributed by atoms with Gasteiger partial charge in [0, 0.05) is 18.8 Å². The fourth-order valence-corrected chi connectivity index (χ4v) is 4.89. The van der Waals surface area contributed by atoms with Crippen molar-refractivity contribution in [3.63, 3.8) is 0 Å². The van der Waals surface area contributed by atoms with Crippen molar-refractivity contribution in [3.8, 4) is 0 Å². The molecule has 2 aliphatic rings. The number of nitrogens with one attached hydrogen (secondary N) is 2. The van der Waals surface area contributed by atoms with Crippen molar-refractivity contribution < 1.29 is 27.6 Å². The second kappa shape index (κ2) is 11.6. The quantitative estimate of drug-likeness (QED) is 0.630. The maximum atomic E-state index is 14.9. The molecular weight excluding hydrogens is 458 g/mol. The zero-order chi connectivity index (χ0) is 24.8. The third-order valence-corrected chi connectivity index (χ3v) is 6.80. The lowest BCUT2D eigenvalue weighted by Crippen LogP contribution is -2.48. The lowest BCUT2D eigenvalue weighted by molar-refractivity contribution is -0.119. The average molecular weight is 491 g/mol. The summed E-state index contributed by atoms with van der Waals surface area (Å²) in [5.74, 6) is -2.58. The number of hydrogen-bond acceptors (Lipinski definition) is 6. The van der Waals surface area contributed by atoms with Gasteiger partial charge in [0.05, 0.1) is 18.9 Å². The highest BCUT2D eigenvalue weighted by Crippen LogP contribution is 2.29. The molecule has 190 valence electrons. The number of rotatable bonds is 6. The van der Waals surface area contributed by atoms with Crippen molar-refractivity contribution in [2.24, 2.45) is 5.92 Å². The van der Waals surface area contributed by atoms with Gasteiger partial charge in [-0.1, -0.05) is 37.3 Å². The highest BCUT2D eigenvalue weighted by Gasteiger charge is 2.32. The summed E-state index contributed by atoms with van der Waals surface area (Å²) >= 11 is 0. The number of aromatic nitrogens is 1. The zero-order valence-corrected chi connectivity index (χ0v) is 19.9. The Morgan fingerprint density at radius 2 is 1.69 bits per heavy atom. The number of hydrogen-bond donors (Lipinski definition) is 2. The molecule has 1 saturated heterocycles. The van der Waals surface area contributed by atoms with E-state index in [-0.39, 0.29) is 22.9 Å². The van der Waals surface area contributed by atoms with Crippen molar-refractivity contribution in [2.75, 3.05) is 36.5 Å². The van der Waals surface area contributed by atoms with Crippen LogP contribution in [0.15, 0.2) is 22.9 Å². The van der Waals surface area contributed by atoms with E-state index in [1.807, 2.05) is 0 Å². The van der Waals surface area contributed by atoms with Crippen LogP contribution in [0.2, 0.25) is 0 Å². The highest BCUT2D eigenvalue weighted by atomic mass is 19.1. The summed E-state index contributed by atoms with van der Waals surface area (Å²) < 4.78 is 39.9. The molecule has 1 aliphatic heterocycles. The van der Waals surface area contributed by atoms with Gasteiger partial charge in [0.2, 0.25) is 5.91 Å². The molecule has 1 saturated carbocycles. The summed E-state index contributed by atoms with van der Waals surface area (Å²) in [4.78, 5) is 27.9. The summed E-state index contributed by atoms with van der Waals surface area (Å²) in [5.41, 5.74) is 0.551. The van der Waals surface area contributed by atoms with Crippen molar-refractivity contribution in [1.82, 2.24) is 10.5 Å². The van der Waals surface area contributed by atoms with E-state index in [1.165, 1.54) is 6.26 Å². The first-order valence-corrected chi connectivity index (χ1v) is 12.3. The first kappa shape index (κ1) is 25.1. The van der Waals surface area contributed by atoms with Crippen LogP contribution in [0.4, 0.5) is 20.2 Å². The molecule has 1 atom stereocenters. The van der Waals surface area contributed by atoms with Crippen molar-refractivity contribution in [2.45, 2.75) is 57.9 Å². The number of carbonyl (C=O) groups excluding carboxylic acids is 2. The van der Waals surface area contributed by atoms with E-state index < -0.39 is 29.5 Å². The van der Waals surface area contributed by atoms with Gasteiger partial charge >= 0.3 is 0 Å². The Labute approximate surface area is 203 Å². The third kappa shape index (κ3) is 6.17. The summed E-state index contributed by atoms with van der Waals surface area (Å²) in [6.07, 6.45) is 8.00. The number of benzene rings is 1. The predicted molar refractivity (Wildman–Crippen MR) is 126 cm³/mol. The van der Waals surface area contributed by atoms with Crippen LogP contribution >= 0.6 is 0 Å². The second-order valence-electron chi connectivity index (χ2n) is 9.25. The standard InChI is InChI=1S/C25H32F2N4O4/c1-16-19(15-35-30-16)24(32)29-22(17-7-5-3-2-4-6-8-17)25(33)28-18-13-20(26)23(21(27)14-18)31-9-11-34-12-10-31/h13-15,17,22H,2-12H2,1H3,(H,28,33)(H,29,32). The van der Waals surface area contributed by atoms with Gasteiger partial charge < -0.3 is 24.8 Å². The Hall–Kier alpha value is -3.01. The minimum atomic E-state index is -0.861. The molecule has 2 amide bonds. The number of amides is 2. The van der Waals surface area contributed by atoms with Crippen LogP contribution in [0.25, 0.3) is 0 Å². The number of anilines is 2. The van der Waals surface area contributed by atoms with Crippen molar-refractivity contribution in [1.29, 1.82) is 0 Å². The number of aryl methyl sites for hydroxylation is 1. The van der Waals surface area contributed by atoms with E-state index >= 15 is 0 Å². The third-order valence-electron chi connectivity index (χ3n) is 6.80. The second-order valence-corrected chi connectivity index (χ2v) is 9.25. The predicted octanol–water partition coefficient (Wildman–Crippen LogP) is 4.20. The van der Waals surface area contributed by atoms with Crippen LogP contribution in [-0.4, -0.2) is 49.3 Å². The van der Waals surface area contributed by atoms with Gasteiger partial charge in [0.1, 0.15) is 23.6 Å². The largest absolute Gasteiger partial charge is 0.378 e. The normalized spacial score (nSPS) is 18.4. The van der Waals surface area contributed by atoms with Crippen molar-refractivity contribution in [3.05, 3.63) is 41.3 Å². The summed E-state index contributed by atoms with van der Waals surface area (Å²) in [5, 5.41) is 9.20. The Morgan fingerprint density at radius 3 is 2.29 bits per heavy atom. The minimum Gasteiger partial charge on any atom is -0.378 e. The summed E-state index contributed by atoms with van der Waals surface area (Å²) in [6, 6.07) is 1.37. The molecule has 8 nitrogen and oxygen atoms in total. The lowest BCUT2D eigenvalue weighted by Gasteiger charge is -2.30. The van der Waals surface area contributed by atoms with Crippen LogP contribution in [-0.2, 0) is 9.53 Å². The molecule has 1 aromatic heterocycles. The molecule has 1 aliphatic carbocycles. The number of nitrogens with zero attached hydrogens (tertiary/aromatic N) is 2. The van der Waals surface area contributed by atoms with Crippen LogP contribution in [0.1, 0.15) is 61.0 Å². The Kier molecular flexibility index (Phi) is 8.33. The fraction of sp³-hybridized carbons (Fsp3) is 0.560. The van der Waals surface area contributed by atoms with Crippen molar-refractivity contribution >= 4 is 23.2 Å². The zero-order valence-electron chi connectivity index (χ0n) is 19.9. The lowest BCUT2D eigenvalue weighted by atomic mass is 9.85. The van der Waals surface area contributed by atoms with Gasteiger partial charge in [-0.05, 0) is 37.8 Å². The Bertz CT molecular complexity index is 1010. The molecule has 2 fully saturated rings. The summed E-state index contributed by atoms with van der Waals surface area (Å²) in [7, 11) is 0. The van der Waals surface area contributed by atoms with Crippen LogP contribution < -0.4 is 15.5 Å². The molecule has 10 heteroatoms. The topological polar surface area (TPSA) is 96.7 Å². The van der Waals surface area contributed by atoms with Crippen LogP contribution in [0.3, 0.4) is 0 Å². The molecule has 35 heavy (non-hydrogen) atoms. The first-order valence-electron chi connectivity index (χ1n) is 12.3. The number of carbonyl (C=O) groups is 2. The van der Waals surface area contributed by atoms with E-state index in [2.05, 4.69) is 15.8 Å². The molecule has 2 heterocycles. The SMILES string of the molecule is Cc1nocc1C(=O)NC(C(=O)Nc1cc(F)c(N2CCOCC2)c(F)c1)C1CCCCCCC1. The van der Waals surface area contributed by atoms with E-state index in [0.717, 1.165) is 57.1 Å². The molecule has 0 bridgehead atoms. The molecule has 0 spiro atoms. The molecule has 2 N–H and O–H groups in total. The molecule has 0 radical (unpaired) electrons. The van der Waals surface area contributed by atoms with Crippen LogP contribution in [0, 0.1) is 24.5 Å². The Balaban J connectivity index is 1.54. The average Bonchev–Trinajstić information content (AvgIpc) is 3.24. The first-order chi connectivity index (χ1) is 16.9. The molecule has 1 aromatic carbocycles. The van der Waals surface area contributed by atoms with Crippen LogP contribution in [0.5, 0.6) is 0 Å². The molecule has 2 aromatic rings. The molecule has 1 unspecified atom stereocenters. The van der Waals surface area contributed by atoms with Gasteiger partial charge in [-0.25, -0.2) is 8.78 Å². The van der Waals surface area contributed by atoms with E-state index in [0.29, 0.717) is 32.0 Å². The Morgan fingerprint density at radius 1 is 1.06 bits per heavy atom. The maximum Gasteiger partial charge on any atom is 0.257 e. The van der Waals surface area contributed by atoms with E-state index in [9.17, 15) is 18.4 Å². The number of ether oxygens (including phenoxy) is 1. The smallest absolute Gasteiger partial charge is 0.257 e. The van der Waals surface area contributed by atoms with E-state index in [4.69, 9.17) is 9.26 Å². The van der Waals surface area contributed by atoms with Gasteiger partial charge in [0.25, 0.3) is 5.91 Å². The molecular formula is C25H32F2N4O4. The summed E-state index contributed by atoms with van der Waals surface area (Å²) in [6.45, 7) is 3.21. The van der Waals surface area contributed by atoms with Gasteiger partial charge in [0.15, 0.2) is 11.6 Å². The number of morpholine rings is 1. The van der Waals surface area contributed by atoms with Gasteiger partial charge in [-0.15, -0.1) is 0 Å². The minimum absolute atomic E-state index is 0.00765. The monoisotopic (exact) mass is 490 g/mol.